The lowest BCUT2D eigenvalue weighted by Gasteiger charge is -2.32. The van der Waals surface area contributed by atoms with Gasteiger partial charge in [0.2, 0.25) is 5.91 Å². The Hall–Kier alpha value is -2.37. The van der Waals surface area contributed by atoms with Crippen LogP contribution in [0.1, 0.15) is 30.5 Å². The Morgan fingerprint density at radius 1 is 1.07 bits per heavy atom. The molecule has 0 aliphatic carbocycles. The molecule has 2 aromatic rings. The molecule has 2 rings (SSSR count). The van der Waals surface area contributed by atoms with Crippen LogP contribution in [0, 0.1) is 0 Å². The van der Waals surface area contributed by atoms with Crippen molar-refractivity contribution >= 4 is 11.6 Å². The van der Waals surface area contributed by atoms with E-state index in [2.05, 4.69) is 36.3 Å². The summed E-state index contributed by atoms with van der Waals surface area (Å²) in [5.74, 6) is 0.0663. The van der Waals surface area contributed by atoms with E-state index in [0.717, 1.165) is 36.3 Å². The predicted molar refractivity (Wildman–Crippen MR) is 113 cm³/mol. The van der Waals surface area contributed by atoms with Gasteiger partial charge in [-0.3, -0.25) is 4.79 Å². The van der Waals surface area contributed by atoms with Gasteiger partial charge in [0.25, 0.3) is 0 Å². The lowest BCUT2D eigenvalue weighted by atomic mass is 10.0. The molecule has 0 aromatic heterocycles. The van der Waals surface area contributed by atoms with Crippen LogP contribution in [0.15, 0.2) is 54.6 Å². The highest BCUT2D eigenvalue weighted by molar-refractivity contribution is 5.81. The second-order valence-corrected chi connectivity index (χ2v) is 6.95. The molecule has 0 radical (unpaired) electrons. The van der Waals surface area contributed by atoms with Crippen LogP contribution in [-0.4, -0.2) is 49.4 Å². The van der Waals surface area contributed by atoms with Crippen LogP contribution in [0.5, 0.6) is 0 Å². The van der Waals surface area contributed by atoms with E-state index in [-0.39, 0.29) is 18.5 Å². The predicted octanol–water partition coefficient (Wildman–Crippen LogP) is 3.10. The van der Waals surface area contributed by atoms with E-state index >= 15 is 0 Å². The Kier molecular flexibility index (Phi) is 8.30. The zero-order valence-electron chi connectivity index (χ0n) is 16.7. The number of carbonyl (C=O) groups excluding carboxylic acids is 1. The van der Waals surface area contributed by atoms with Crippen LogP contribution < -0.4 is 11.1 Å². The van der Waals surface area contributed by atoms with Gasteiger partial charge in [-0.05, 0) is 43.3 Å². The maximum atomic E-state index is 12.8. The molecule has 0 saturated carbocycles. The number of likely N-dealkylation sites (N-methyl/N-ethyl adjacent to an activating group) is 2. The summed E-state index contributed by atoms with van der Waals surface area (Å²) >= 11 is 0. The van der Waals surface area contributed by atoms with Crippen molar-refractivity contribution in [2.75, 3.05) is 39.0 Å². The van der Waals surface area contributed by atoms with Crippen LogP contribution in [-0.2, 0) is 11.3 Å². The molecule has 0 fully saturated rings. The number of nitrogens with two attached hydrogens (primary N) is 1. The Bertz CT molecular complexity index is 687. The molecule has 3 N–H and O–H groups in total. The fourth-order valence-corrected chi connectivity index (χ4v) is 3.13. The molecule has 27 heavy (non-hydrogen) atoms. The highest BCUT2D eigenvalue weighted by Crippen LogP contribution is 2.21. The highest BCUT2D eigenvalue weighted by Gasteiger charge is 2.22. The zero-order chi connectivity index (χ0) is 19.6. The van der Waals surface area contributed by atoms with Crippen molar-refractivity contribution in [1.29, 1.82) is 0 Å². The molecule has 1 amide bonds. The third-order valence-electron chi connectivity index (χ3n) is 4.77. The first-order valence-electron chi connectivity index (χ1n) is 9.57. The Morgan fingerprint density at radius 3 is 2.33 bits per heavy atom. The smallest absolute Gasteiger partial charge is 0.242 e. The van der Waals surface area contributed by atoms with Gasteiger partial charge in [0.15, 0.2) is 0 Å². The number of hydrogen-bond acceptors (Lipinski definition) is 4. The molecule has 1 unspecified atom stereocenters. The van der Waals surface area contributed by atoms with Gasteiger partial charge in [-0.25, -0.2) is 0 Å². The van der Waals surface area contributed by atoms with Gasteiger partial charge in [-0.15, -0.1) is 0 Å². The number of carbonyl (C=O) groups is 1. The van der Waals surface area contributed by atoms with Crippen LogP contribution in [0.25, 0.3) is 0 Å². The molecule has 0 bridgehead atoms. The Morgan fingerprint density at radius 2 is 1.74 bits per heavy atom. The minimum Gasteiger partial charge on any atom is -0.376 e. The maximum Gasteiger partial charge on any atom is 0.242 e. The largest absolute Gasteiger partial charge is 0.376 e. The molecule has 146 valence electrons. The first-order chi connectivity index (χ1) is 13.0. The number of anilines is 1. The summed E-state index contributed by atoms with van der Waals surface area (Å²) in [7, 11) is 3.99. The van der Waals surface area contributed by atoms with Crippen molar-refractivity contribution in [3.63, 3.8) is 0 Å². The number of rotatable bonds is 10. The number of amides is 1. The molecular weight excluding hydrogens is 336 g/mol. The van der Waals surface area contributed by atoms with Crippen LogP contribution in [0.2, 0.25) is 0 Å². The number of hydrogen-bond donors (Lipinski definition) is 2. The van der Waals surface area contributed by atoms with Gasteiger partial charge in [0, 0.05) is 25.8 Å². The monoisotopic (exact) mass is 368 g/mol. The van der Waals surface area contributed by atoms with Crippen LogP contribution in [0.4, 0.5) is 5.69 Å². The number of nitrogens with one attached hydrogen (secondary N) is 1. The van der Waals surface area contributed by atoms with Gasteiger partial charge < -0.3 is 20.9 Å². The van der Waals surface area contributed by atoms with Gasteiger partial charge in [-0.1, -0.05) is 49.4 Å². The zero-order valence-corrected chi connectivity index (χ0v) is 16.7. The summed E-state index contributed by atoms with van der Waals surface area (Å²) in [6, 6.07) is 18.1. The van der Waals surface area contributed by atoms with E-state index in [4.69, 9.17) is 5.73 Å². The van der Waals surface area contributed by atoms with Crippen molar-refractivity contribution < 1.29 is 4.79 Å². The summed E-state index contributed by atoms with van der Waals surface area (Å²) in [4.78, 5) is 16.9. The molecular formula is C22H32N4O. The summed E-state index contributed by atoms with van der Waals surface area (Å²) in [6.07, 6.45) is 1.09. The average molecular weight is 369 g/mol. The first-order valence-corrected chi connectivity index (χ1v) is 9.57. The van der Waals surface area contributed by atoms with E-state index in [1.54, 1.807) is 0 Å². The minimum absolute atomic E-state index is 0.0247. The molecule has 5 heteroatoms. The number of nitrogens with zero attached hydrogens (tertiary/aromatic N) is 2. The van der Waals surface area contributed by atoms with Gasteiger partial charge in [-0.2, -0.15) is 0 Å². The van der Waals surface area contributed by atoms with Crippen LogP contribution in [0.3, 0.4) is 0 Å². The topological polar surface area (TPSA) is 61.6 Å². The summed E-state index contributed by atoms with van der Waals surface area (Å²) in [5.41, 5.74) is 8.78. The lowest BCUT2D eigenvalue weighted by molar-refractivity contribution is -0.130. The van der Waals surface area contributed by atoms with Crippen molar-refractivity contribution in [3.05, 3.63) is 65.7 Å². The van der Waals surface area contributed by atoms with Crippen molar-refractivity contribution in [2.24, 2.45) is 5.73 Å². The van der Waals surface area contributed by atoms with Crippen molar-refractivity contribution in [1.82, 2.24) is 9.80 Å². The Balaban J connectivity index is 2.03. The Labute approximate surface area is 163 Å². The second kappa shape index (κ2) is 10.7. The quantitative estimate of drug-likeness (QED) is 0.676. The van der Waals surface area contributed by atoms with Crippen LogP contribution >= 0.6 is 0 Å². The summed E-state index contributed by atoms with van der Waals surface area (Å²) < 4.78 is 0. The van der Waals surface area contributed by atoms with Gasteiger partial charge in [0.05, 0.1) is 12.6 Å². The highest BCUT2D eigenvalue weighted by atomic mass is 16.2. The van der Waals surface area contributed by atoms with E-state index in [1.165, 1.54) is 0 Å². The van der Waals surface area contributed by atoms with Crippen molar-refractivity contribution in [2.45, 2.75) is 25.9 Å². The van der Waals surface area contributed by atoms with E-state index in [0.29, 0.717) is 6.54 Å². The number of benzene rings is 2. The van der Waals surface area contributed by atoms with E-state index < -0.39 is 0 Å². The summed E-state index contributed by atoms with van der Waals surface area (Å²) in [5, 5.41) is 3.22. The molecule has 0 heterocycles. The summed E-state index contributed by atoms with van der Waals surface area (Å²) in [6.45, 7) is 4.77. The lowest BCUT2D eigenvalue weighted by Crippen LogP contribution is -2.40. The second-order valence-electron chi connectivity index (χ2n) is 6.95. The first kappa shape index (κ1) is 20.9. The average Bonchev–Trinajstić information content (AvgIpc) is 2.71. The standard InChI is InChI=1S/C22H32N4O/c1-4-14-25(2)17-21(19-8-6-5-7-9-19)26(3)22(27)16-24-20-12-10-18(15-23)11-13-20/h5-13,21,24H,4,14-17,23H2,1-3H3. The fourth-order valence-electron chi connectivity index (χ4n) is 3.13. The normalized spacial score (nSPS) is 12.0. The molecule has 0 saturated heterocycles. The fraction of sp³-hybridized carbons (Fsp3) is 0.409. The molecule has 0 spiro atoms. The maximum absolute atomic E-state index is 12.8. The minimum atomic E-state index is 0.0247. The molecule has 2 aromatic carbocycles. The third kappa shape index (κ3) is 6.38. The SMILES string of the molecule is CCCN(C)CC(c1ccccc1)N(C)C(=O)CNc1ccc(CN)cc1. The molecule has 1 atom stereocenters. The van der Waals surface area contributed by atoms with Gasteiger partial charge >= 0.3 is 0 Å². The van der Waals surface area contributed by atoms with Gasteiger partial charge in [0.1, 0.15) is 0 Å². The van der Waals surface area contributed by atoms with Crippen molar-refractivity contribution in [3.8, 4) is 0 Å². The molecule has 0 aliphatic heterocycles. The molecule has 0 aliphatic rings. The molecule has 5 nitrogen and oxygen atoms in total. The van der Waals surface area contributed by atoms with E-state index in [1.807, 2.05) is 54.4 Å². The third-order valence-corrected chi connectivity index (χ3v) is 4.77. The van der Waals surface area contributed by atoms with E-state index in [9.17, 15) is 4.79 Å².